The van der Waals surface area contributed by atoms with E-state index in [1.54, 1.807) is 27.7 Å². The predicted molar refractivity (Wildman–Crippen MR) is 88.4 cm³/mol. The number of aromatic nitrogens is 1. The Balaban J connectivity index is 2.14. The van der Waals surface area contributed by atoms with Gasteiger partial charge in [0.2, 0.25) is 0 Å². The van der Waals surface area contributed by atoms with Crippen LogP contribution >= 0.6 is 0 Å². The molecule has 0 atom stereocenters. The molecule has 0 spiro atoms. The molecule has 122 valence electrons. The third-order valence-electron chi connectivity index (χ3n) is 3.51. The second kappa shape index (κ2) is 7.13. The van der Waals surface area contributed by atoms with Crippen molar-refractivity contribution in [1.29, 1.82) is 0 Å². The van der Waals surface area contributed by atoms with Gasteiger partial charge in [-0.25, -0.2) is 4.79 Å². The van der Waals surface area contributed by atoms with Crippen molar-refractivity contribution in [3.8, 4) is 0 Å². The molecule has 0 aliphatic rings. The van der Waals surface area contributed by atoms with E-state index < -0.39 is 5.97 Å². The van der Waals surface area contributed by atoms with Crippen molar-refractivity contribution in [2.24, 2.45) is 0 Å². The zero-order valence-electron chi connectivity index (χ0n) is 13.9. The maximum Gasteiger partial charge on any atom is 0.340 e. The fourth-order valence-corrected chi connectivity index (χ4v) is 2.42. The van der Waals surface area contributed by atoms with Gasteiger partial charge in [-0.3, -0.25) is 4.79 Å². The van der Waals surface area contributed by atoms with E-state index in [1.165, 1.54) is 0 Å². The second-order valence-corrected chi connectivity index (χ2v) is 5.75. The monoisotopic (exact) mass is 314 g/mol. The van der Waals surface area contributed by atoms with Crippen molar-refractivity contribution in [3.63, 3.8) is 0 Å². The minimum Gasteiger partial charge on any atom is -0.459 e. The normalized spacial score (nSPS) is 10.7. The summed E-state index contributed by atoms with van der Waals surface area (Å²) >= 11 is 0. The largest absolute Gasteiger partial charge is 0.459 e. The first-order valence-electron chi connectivity index (χ1n) is 7.62. The summed E-state index contributed by atoms with van der Waals surface area (Å²) in [5.41, 5.74) is 3.09. The molecule has 2 N–H and O–H groups in total. The molecule has 0 aliphatic carbocycles. The van der Waals surface area contributed by atoms with Crippen LogP contribution in [-0.4, -0.2) is 23.0 Å². The summed E-state index contributed by atoms with van der Waals surface area (Å²) in [4.78, 5) is 27.5. The molecule has 0 bridgehead atoms. The van der Waals surface area contributed by atoms with E-state index in [1.807, 2.05) is 30.3 Å². The first-order valence-corrected chi connectivity index (χ1v) is 7.62. The molecule has 2 rings (SSSR count). The number of carbonyl (C=O) groups is 2. The predicted octanol–water partition coefficient (Wildman–Crippen LogP) is 3.13. The molecule has 1 heterocycles. The van der Waals surface area contributed by atoms with Gasteiger partial charge in [0, 0.05) is 12.2 Å². The molecule has 0 radical (unpaired) electrons. The van der Waals surface area contributed by atoms with Crippen LogP contribution in [0.4, 0.5) is 0 Å². The fraction of sp³-hybridized carbons (Fsp3) is 0.333. The maximum absolute atomic E-state index is 12.4. The quantitative estimate of drug-likeness (QED) is 0.833. The van der Waals surface area contributed by atoms with Gasteiger partial charge < -0.3 is 15.0 Å². The lowest BCUT2D eigenvalue weighted by Gasteiger charge is -2.08. The lowest BCUT2D eigenvalue weighted by molar-refractivity contribution is 0.0376. The topological polar surface area (TPSA) is 71.2 Å². The van der Waals surface area contributed by atoms with Crippen molar-refractivity contribution in [2.45, 2.75) is 40.3 Å². The van der Waals surface area contributed by atoms with Crippen LogP contribution in [0.15, 0.2) is 30.3 Å². The number of aryl methyl sites for hydroxylation is 1. The molecule has 0 saturated carbocycles. The van der Waals surface area contributed by atoms with E-state index >= 15 is 0 Å². The summed E-state index contributed by atoms with van der Waals surface area (Å²) in [7, 11) is 0. The third kappa shape index (κ3) is 4.00. The van der Waals surface area contributed by atoms with E-state index in [2.05, 4.69) is 10.3 Å². The summed E-state index contributed by atoms with van der Waals surface area (Å²) in [5.74, 6) is -0.647. The summed E-state index contributed by atoms with van der Waals surface area (Å²) in [5, 5.41) is 2.85. The molecule has 0 saturated heterocycles. The van der Waals surface area contributed by atoms with Crippen LogP contribution in [-0.2, 0) is 11.3 Å². The number of nitrogens with one attached hydrogen (secondary N) is 2. The lowest BCUT2D eigenvalue weighted by Crippen LogP contribution is -2.24. The van der Waals surface area contributed by atoms with E-state index in [-0.39, 0.29) is 12.0 Å². The Morgan fingerprint density at radius 3 is 2.43 bits per heavy atom. The van der Waals surface area contributed by atoms with Crippen LogP contribution in [0.3, 0.4) is 0 Å². The van der Waals surface area contributed by atoms with E-state index in [0.717, 1.165) is 5.56 Å². The molecule has 5 nitrogen and oxygen atoms in total. The van der Waals surface area contributed by atoms with Crippen LogP contribution in [0.1, 0.15) is 51.5 Å². The lowest BCUT2D eigenvalue weighted by atomic mass is 10.1. The van der Waals surface area contributed by atoms with E-state index in [4.69, 9.17) is 4.74 Å². The van der Waals surface area contributed by atoms with Crippen molar-refractivity contribution >= 4 is 11.9 Å². The Labute approximate surface area is 136 Å². The van der Waals surface area contributed by atoms with Gasteiger partial charge in [0.1, 0.15) is 5.69 Å². The van der Waals surface area contributed by atoms with Crippen molar-refractivity contribution < 1.29 is 14.3 Å². The van der Waals surface area contributed by atoms with Gasteiger partial charge in [-0.1, -0.05) is 30.3 Å². The van der Waals surface area contributed by atoms with E-state index in [9.17, 15) is 9.59 Å². The van der Waals surface area contributed by atoms with Gasteiger partial charge in [0.25, 0.3) is 5.91 Å². The van der Waals surface area contributed by atoms with Crippen LogP contribution < -0.4 is 5.32 Å². The molecule has 0 aliphatic heterocycles. The van der Waals surface area contributed by atoms with Crippen LogP contribution in [0.5, 0.6) is 0 Å². The zero-order valence-corrected chi connectivity index (χ0v) is 13.9. The molecule has 1 amide bonds. The molecule has 0 fully saturated rings. The Bertz CT molecular complexity index is 703. The first-order chi connectivity index (χ1) is 10.9. The number of benzene rings is 1. The first kappa shape index (κ1) is 16.8. The fourth-order valence-electron chi connectivity index (χ4n) is 2.42. The number of carbonyl (C=O) groups excluding carboxylic acids is 2. The average molecular weight is 314 g/mol. The zero-order chi connectivity index (χ0) is 17.0. The molecular weight excluding hydrogens is 292 g/mol. The average Bonchev–Trinajstić information content (AvgIpc) is 2.80. The highest BCUT2D eigenvalue weighted by atomic mass is 16.5. The summed E-state index contributed by atoms with van der Waals surface area (Å²) < 4.78 is 5.23. The molecule has 0 unspecified atom stereocenters. The van der Waals surface area contributed by atoms with Gasteiger partial charge in [-0.15, -0.1) is 0 Å². The maximum atomic E-state index is 12.4. The number of ether oxygens (including phenoxy) is 1. The summed E-state index contributed by atoms with van der Waals surface area (Å²) in [6.07, 6.45) is -0.202. The van der Waals surface area contributed by atoms with Crippen LogP contribution in [0, 0.1) is 13.8 Å². The number of H-pyrrole nitrogens is 1. The standard InChI is InChI=1S/C18H22N2O3/c1-11(2)23-18(22)15-12(3)16(20-13(15)4)17(21)19-10-14-8-6-5-7-9-14/h5-9,11,20H,10H2,1-4H3,(H,19,21). The van der Waals surface area contributed by atoms with Gasteiger partial charge in [-0.05, 0) is 38.8 Å². The van der Waals surface area contributed by atoms with Crippen molar-refractivity contribution in [2.75, 3.05) is 0 Å². The number of rotatable bonds is 5. The molecule has 1 aromatic heterocycles. The highest BCUT2D eigenvalue weighted by molar-refractivity contribution is 6.00. The molecular formula is C18H22N2O3. The number of aromatic amines is 1. The van der Waals surface area contributed by atoms with Crippen molar-refractivity contribution in [3.05, 3.63) is 58.4 Å². The Morgan fingerprint density at radius 1 is 1.17 bits per heavy atom. The van der Waals surface area contributed by atoms with Crippen LogP contribution in [0.25, 0.3) is 0 Å². The Morgan fingerprint density at radius 2 is 1.83 bits per heavy atom. The number of hydrogen-bond acceptors (Lipinski definition) is 3. The highest BCUT2D eigenvalue weighted by Gasteiger charge is 2.23. The molecule has 23 heavy (non-hydrogen) atoms. The second-order valence-electron chi connectivity index (χ2n) is 5.75. The number of hydrogen-bond donors (Lipinski definition) is 2. The Kier molecular flexibility index (Phi) is 5.21. The van der Waals surface area contributed by atoms with E-state index in [0.29, 0.717) is 29.1 Å². The molecule has 1 aromatic carbocycles. The van der Waals surface area contributed by atoms with Gasteiger partial charge in [0.15, 0.2) is 0 Å². The van der Waals surface area contributed by atoms with Gasteiger partial charge in [-0.2, -0.15) is 0 Å². The minimum atomic E-state index is -0.409. The van der Waals surface area contributed by atoms with Gasteiger partial charge >= 0.3 is 5.97 Å². The van der Waals surface area contributed by atoms with Crippen LogP contribution in [0.2, 0.25) is 0 Å². The third-order valence-corrected chi connectivity index (χ3v) is 3.51. The Hall–Kier alpha value is -2.56. The summed E-state index contributed by atoms with van der Waals surface area (Å²) in [6, 6.07) is 9.66. The summed E-state index contributed by atoms with van der Waals surface area (Å²) in [6.45, 7) is 7.53. The molecule has 2 aromatic rings. The number of esters is 1. The van der Waals surface area contributed by atoms with Crippen molar-refractivity contribution in [1.82, 2.24) is 10.3 Å². The van der Waals surface area contributed by atoms with Gasteiger partial charge in [0.05, 0.1) is 11.7 Å². The number of amides is 1. The molecule has 5 heteroatoms. The highest BCUT2D eigenvalue weighted by Crippen LogP contribution is 2.19. The minimum absolute atomic E-state index is 0.202. The SMILES string of the molecule is Cc1[nH]c(C(=O)NCc2ccccc2)c(C)c1C(=O)OC(C)C. The smallest absolute Gasteiger partial charge is 0.340 e.